The predicted molar refractivity (Wildman–Crippen MR) is 66.4 cm³/mol. The molecule has 1 aromatic heterocycles. The Balaban J connectivity index is 2.59. The molecule has 0 saturated carbocycles. The Morgan fingerprint density at radius 2 is 2.19 bits per heavy atom. The molecule has 4 heteroatoms. The Hall–Kier alpha value is -0.740. The quantitative estimate of drug-likeness (QED) is 0.835. The van der Waals surface area contributed by atoms with Gasteiger partial charge in [0.05, 0.1) is 5.60 Å². The van der Waals surface area contributed by atoms with Gasteiger partial charge in [-0.2, -0.15) is 0 Å². The molecule has 0 radical (unpaired) electrons. The predicted octanol–water partition coefficient (Wildman–Crippen LogP) is 2.77. The van der Waals surface area contributed by atoms with Crippen LogP contribution in [0.3, 0.4) is 0 Å². The summed E-state index contributed by atoms with van der Waals surface area (Å²) < 4.78 is 6.12. The Bertz CT molecular complexity index is 377. The van der Waals surface area contributed by atoms with Crippen LogP contribution < -0.4 is 0 Å². The van der Waals surface area contributed by atoms with E-state index in [1.807, 2.05) is 19.9 Å². The molecule has 1 rings (SSSR count). The number of halogens is 1. The van der Waals surface area contributed by atoms with E-state index in [2.05, 4.69) is 20.9 Å². The molecule has 3 nitrogen and oxygen atoms in total. The van der Waals surface area contributed by atoms with Crippen LogP contribution in [0.1, 0.15) is 25.8 Å². The fraction of sp³-hybridized carbons (Fsp3) is 0.500. The third-order valence-corrected chi connectivity index (χ3v) is 2.77. The lowest BCUT2D eigenvalue weighted by atomic mass is 9.98. The number of ketones is 1. The molecule has 1 aromatic rings. The lowest BCUT2D eigenvalue weighted by Crippen LogP contribution is -2.27. The Kier molecular flexibility index (Phi) is 4.62. The number of carbonyl (C=O) groups excluding carboxylic acids is 1. The fourth-order valence-electron chi connectivity index (χ4n) is 1.39. The smallest absolute Gasteiger partial charge is 0.140 e. The van der Waals surface area contributed by atoms with Crippen molar-refractivity contribution in [3.05, 3.63) is 28.5 Å². The second-order valence-electron chi connectivity index (χ2n) is 4.37. The van der Waals surface area contributed by atoms with Crippen LogP contribution in [0, 0.1) is 0 Å². The van der Waals surface area contributed by atoms with Crippen molar-refractivity contribution in [2.45, 2.75) is 32.3 Å². The van der Waals surface area contributed by atoms with E-state index >= 15 is 0 Å². The van der Waals surface area contributed by atoms with Gasteiger partial charge in [-0.15, -0.1) is 0 Å². The molecule has 0 spiro atoms. The van der Waals surface area contributed by atoms with Crippen LogP contribution in [-0.2, 0) is 16.0 Å². The summed E-state index contributed by atoms with van der Waals surface area (Å²) in [7, 11) is 1.62. The molecule has 0 N–H and O–H groups in total. The van der Waals surface area contributed by atoms with Gasteiger partial charge in [0.15, 0.2) is 0 Å². The normalized spacial score (nSPS) is 11.5. The van der Waals surface area contributed by atoms with Gasteiger partial charge in [0.2, 0.25) is 0 Å². The molecule has 1 heterocycles. The number of hydrogen-bond donors (Lipinski definition) is 0. The number of hydrogen-bond acceptors (Lipinski definition) is 3. The average Bonchev–Trinajstić information content (AvgIpc) is 2.16. The maximum atomic E-state index is 11.8. The van der Waals surface area contributed by atoms with Crippen molar-refractivity contribution in [2.24, 2.45) is 0 Å². The molecular formula is C12H16BrNO2. The third kappa shape index (κ3) is 4.41. The SMILES string of the molecule is COC(C)(C)CC(=O)Cc1cncc(Br)c1. The summed E-state index contributed by atoms with van der Waals surface area (Å²) in [5, 5.41) is 0. The molecule has 0 aromatic carbocycles. The molecule has 0 aliphatic carbocycles. The number of rotatable bonds is 5. The van der Waals surface area contributed by atoms with Crippen LogP contribution in [0.4, 0.5) is 0 Å². The van der Waals surface area contributed by atoms with Gasteiger partial charge in [-0.05, 0) is 41.4 Å². The zero-order chi connectivity index (χ0) is 12.2. The highest BCUT2D eigenvalue weighted by Gasteiger charge is 2.20. The molecule has 88 valence electrons. The number of Topliss-reactive ketones (excluding diaryl/α,β-unsaturated/α-hetero) is 1. The van der Waals surface area contributed by atoms with Crippen molar-refractivity contribution < 1.29 is 9.53 Å². The number of aromatic nitrogens is 1. The molecule has 0 aliphatic heterocycles. The van der Waals surface area contributed by atoms with Crippen LogP contribution in [-0.4, -0.2) is 23.5 Å². The number of methoxy groups -OCH3 is 1. The van der Waals surface area contributed by atoms with Crippen molar-refractivity contribution in [3.8, 4) is 0 Å². The molecule has 0 unspecified atom stereocenters. The van der Waals surface area contributed by atoms with Crippen LogP contribution in [0.25, 0.3) is 0 Å². The second-order valence-corrected chi connectivity index (χ2v) is 5.28. The highest BCUT2D eigenvalue weighted by molar-refractivity contribution is 9.10. The first-order valence-electron chi connectivity index (χ1n) is 5.09. The topological polar surface area (TPSA) is 39.2 Å². The molecule has 0 amide bonds. The van der Waals surface area contributed by atoms with Gasteiger partial charge in [0.25, 0.3) is 0 Å². The minimum atomic E-state index is -0.392. The second kappa shape index (κ2) is 5.55. The van der Waals surface area contributed by atoms with E-state index in [4.69, 9.17) is 4.74 Å². The van der Waals surface area contributed by atoms with E-state index in [0.717, 1.165) is 10.0 Å². The van der Waals surface area contributed by atoms with E-state index in [-0.39, 0.29) is 5.78 Å². The summed E-state index contributed by atoms with van der Waals surface area (Å²) in [6, 6.07) is 1.91. The molecule has 0 aliphatic rings. The van der Waals surface area contributed by atoms with Gasteiger partial charge in [-0.3, -0.25) is 9.78 Å². The first-order valence-corrected chi connectivity index (χ1v) is 5.88. The largest absolute Gasteiger partial charge is 0.378 e. The van der Waals surface area contributed by atoms with Crippen molar-refractivity contribution in [1.29, 1.82) is 0 Å². The van der Waals surface area contributed by atoms with Crippen LogP contribution in [0.5, 0.6) is 0 Å². The van der Waals surface area contributed by atoms with E-state index in [0.29, 0.717) is 12.8 Å². The Morgan fingerprint density at radius 1 is 1.50 bits per heavy atom. The Labute approximate surface area is 104 Å². The summed E-state index contributed by atoms with van der Waals surface area (Å²) >= 11 is 3.33. The van der Waals surface area contributed by atoms with Crippen molar-refractivity contribution in [1.82, 2.24) is 4.98 Å². The highest BCUT2D eigenvalue weighted by Crippen LogP contribution is 2.16. The molecule has 0 bridgehead atoms. The zero-order valence-electron chi connectivity index (χ0n) is 9.79. The van der Waals surface area contributed by atoms with Gasteiger partial charge in [-0.1, -0.05) is 0 Å². The molecule has 16 heavy (non-hydrogen) atoms. The number of nitrogens with zero attached hydrogens (tertiary/aromatic N) is 1. The van der Waals surface area contributed by atoms with Crippen molar-refractivity contribution >= 4 is 21.7 Å². The van der Waals surface area contributed by atoms with Crippen LogP contribution in [0.2, 0.25) is 0 Å². The van der Waals surface area contributed by atoms with E-state index in [1.54, 1.807) is 19.5 Å². The summed E-state index contributed by atoms with van der Waals surface area (Å²) in [5.41, 5.74) is 0.530. The summed E-state index contributed by atoms with van der Waals surface area (Å²) in [4.78, 5) is 15.8. The van der Waals surface area contributed by atoms with Gasteiger partial charge in [-0.25, -0.2) is 0 Å². The molecule has 0 atom stereocenters. The summed E-state index contributed by atoms with van der Waals surface area (Å²) in [6.07, 6.45) is 4.23. The third-order valence-electron chi connectivity index (χ3n) is 2.34. The number of carbonyl (C=O) groups is 1. The van der Waals surface area contributed by atoms with E-state index in [1.165, 1.54) is 0 Å². The number of pyridine rings is 1. The minimum Gasteiger partial charge on any atom is -0.378 e. The fourth-order valence-corrected chi connectivity index (χ4v) is 1.80. The van der Waals surface area contributed by atoms with Gasteiger partial charge >= 0.3 is 0 Å². The first-order chi connectivity index (χ1) is 7.43. The van der Waals surface area contributed by atoms with E-state index < -0.39 is 5.60 Å². The van der Waals surface area contributed by atoms with Gasteiger partial charge in [0.1, 0.15) is 5.78 Å². The monoisotopic (exact) mass is 285 g/mol. The molecule has 0 fully saturated rings. The average molecular weight is 286 g/mol. The lowest BCUT2D eigenvalue weighted by Gasteiger charge is -2.21. The van der Waals surface area contributed by atoms with Crippen LogP contribution in [0.15, 0.2) is 22.9 Å². The summed E-state index contributed by atoms with van der Waals surface area (Å²) in [6.45, 7) is 3.81. The molecule has 0 saturated heterocycles. The van der Waals surface area contributed by atoms with E-state index in [9.17, 15) is 4.79 Å². The lowest BCUT2D eigenvalue weighted by molar-refractivity contribution is -0.123. The maximum Gasteiger partial charge on any atom is 0.140 e. The van der Waals surface area contributed by atoms with Crippen LogP contribution >= 0.6 is 15.9 Å². The molecular weight excluding hydrogens is 270 g/mol. The van der Waals surface area contributed by atoms with Crippen molar-refractivity contribution in [3.63, 3.8) is 0 Å². The Morgan fingerprint density at radius 3 is 2.75 bits per heavy atom. The summed E-state index contributed by atoms with van der Waals surface area (Å²) in [5.74, 6) is 0.159. The minimum absolute atomic E-state index is 0.159. The highest BCUT2D eigenvalue weighted by atomic mass is 79.9. The van der Waals surface area contributed by atoms with Gasteiger partial charge in [0, 0.05) is 36.8 Å². The standard InChI is InChI=1S/C12H16BrNO2/c1-12(2,16-3)6-11(15)5-9-4-10(13)8-14-7-9/h4,7-8H,5-6H2,1-3H3. The maximum absolute atomic E-state index is 11.8. The number of ether oxygens (including phenoxy) is 1. The van der Waals surface area contributed by atoms with Crippen molar-refractivity contribution in [2.75, 3.05) is 7.11 Å². The first kappa shape index (κ1) is 13.3. The zero-order valence-corrected chi connectivity index (χ0v) is 11.4. The van der Waals surface area contributed by atoms with Gasteiger partial charge < -0.3 is 4.74 Å².